The van der Waals surface area contributed by atoms with E-state index in [1.54, 1.807) is 0 Å². The van der Waals surface area contributed by atoms with Gasteiger partial charge in [0.2, 0.25) is 0 Å². The SMILES string of the molecule is CC(O)C1CNCCN1S(=O)(=O)O. The summed E-state index contributed by atoms with van der Waals surface area (Å²) >= 11 is 0. The lowest BCUT2D eigenvalue weighted by Crippen LogP contribution is -2.57. The van der Waals surface area contributed by atoms with E-state index in [4.69, 9.17) is 4.55 Å². The first-order valence-corrected chi connectivity index (χ1v) is 5.45. The quantitative estimate of drug-likeness (QED) is 0.480. The van der Waals surface area contributed by atoms with Crippen molar-refractivity contribution in [3.63, 3.8) is 0 Å². The average Bonchev–Trinajstić information content (AvgIpc) is 2.03. The van der Waals surface area contributed by atoms with Crippen molar-refractivity contribution in [1.29, 1.82) is 0 Å². The van der Waals surface area contributed by atoms with Gasteiger partial charge in [0, 0.05) is 19.6 Å². The molecule has 0 aromatic heterocycles. The molecule has 0 aromatic carbocycles. The monoisotopic (exact) mass is 210 g/mol. The summed E-state index contributed by atoms with van der Waals surface area (Å²) in [6.45, 7) is 2.53. The largest absolute Gasteiger partial charge is 0.392 e. The summed E-state index contributed by atoms with van der Waals surface area (Å²) in [6.07, 6.45) is -0.797. The van der Waals surface area contributed by atoms with Crippen molar-refractivity contribution in [2.24, 2.45) is 0 Å². The first-order chi connectivity index (χ1) is 5.93. The van der Waals surface area contributed by atoms with Crippen molar-refractivity contribution in [3.8, 4) is 0 Å². The second-order valence-corrected chi connectivity index (χ2v) is 4.47. The molecular weight excluding hydrogens is 196 g/mol. The normalized spacial score (nSPS) is 28.7. The van der Waals surface area contributed by atoms with E-state index in [-0.39, 0.29) is 6.54 Å². The van der Waals surface area contributed by atoms with Crippen molar-refractivity contribution in [2.45, 2.75) is 19.1 Å². The van der Waals surface area contributed by atoms with Crippen LogP contribution < -0.4 is 5.32 Å². The molecule has 7 heteroatoms. The van der Waals surface area contributed by atoms with Crippen LogP contribution >= 0.6 is 0 Å². The Bertz CT molecular complexity index is 264. The highest BCUT2D eigenvalue weighted by molar-refractivity contribution is 7.83. The molecular formula is C6H14N2O4S. The topological polar surface area (TPSA) is 89.9 Å². The maximum atomic E-state index is 10.8. The standard InChI is InChI=1S/C6H14N2O4S/c1-5(9)6-4-7-2-3-8(6)13(10,11)12/h5-7,9H,2-4H2,1H3,(H,10,11,12). The summed E-state index contributed by atoms with van der Waals surface area (Å²) in [5.74, 6) is 0. The van der Waals surface area contributed by atoms with Gasteiger partial charge in [-0.3, -0.25) is 4.55 Å². The molecule has 1 aliphatic rings. The lowest BCUT2D eigenvalue weighted by Gasteiger charge is -2.34. The Hall–Kier alpha value is -0.210. The summed E-state index contributed by atoms with van der Waals surface area (Å²) in [6, 6.07) is -0.580. The molecule has 0 saturated carbocycles. The lowest BCUT2D eigenvalue weighted by molar-refractivity contribution is 0.0860. The van der Waals surface area contributed by atoms with Crippen LogP contribution in [0.1, 0.15) is 6.92 Å². The highest BCUT2D eigenvalue weighted by atomic mass is 32.2. The van der Waals surface area contributed by atoms with Crippen LogP contribution in [0, 0.1) is 0 Å². The molecule has 0 amide bonds. The fourth-order valence-electron chi connectivity index (χ4n) is 1.40. The summed E-state index contributed by atoms with van der Waals surface area (Å²) in [5.41, 5.74) is 0. The minimum Gasteiger partial charge on any atom is -0.392 e. The molecule has 0 aromatic rings. The fourth-order valence-corrected chi connectivity index (χ4v) is 2.32. The van der Waals surface area contributed by atoms with Gasteiger partial charge in [-0.25, -0.2) is 0 Å². The Morgan fingerprint density at radius 1 is 1.62 bits per heavy atom. The number of nitrogens with one attached hydrogen (secondary N) is 1. The van der Waals surface area contributed by atoms with Gasteiger partial charge >= 0.3 is 10.3 Å². The van der Waals surface area contributed by atoms with Gasteiger partial charge in [0.15, 0.2) is 0 Å². The third-order valence-electron chi connectivity index (χ3n) is 2.09. The van der Waals surface area contributed by atoms with Crippen molar-refractivity contribution >= 4 is 10.3 Å². The highest BCUT2D eigenvalue weighted by Crippen LogP contribution is 2.11. The minimum absolute atomic E-state index is 0.189. The Labute approximate surface area is 77.4 Å². The Kier molecular flexibility index (Phi) is 3.25. The van der Waals surface area contributed by atoms with Crippen molar-refractivity contribution in [1.82, 2.24) is 9.62 Å². The van der Waals surface area contributed by atoms with E-state index in [1.807, 2.05) is 0 Å². The Balaban J connectivity index is 2.80. The third-order valence-corrected chi connectivity index (χ3v) is 3.13. The molecule has 1 fully saturated rings. The molecule has 2 atom stereocenters. The predicted octanol–water partition coefficient (Wildman–Crippen LogP) is -1.56. The van der Waals surface area contributed by atoms with Gasteiger partial charge in [0.1, 0.15) is 0 Å². The van der Waals surface area contributed by atoms with Crippen LogP contribution in [-0.4, -0.2) is 54.2 Å². The van der Waals surface area contributed by atoms with Gasteiger partial charge < -0.3 is 10.4 Å². The van der Waals surface area contributed by atoms with Gasteiger partial charge in [-0.1, -0.05) is 0 Å². The first-order valence-electron chi connectivity index (χ1n) is 4.06. The van der Waals surface area contributed by atoms with Crippen LogP contribution in [0.3, 0.4) is 0 Å². The van der Waals surface area contributed by atoms with Gasteiger partial charge in [0.05, 0.1) is 12.1 Å². The van der Waals surface area contributed by atoms with E-state index in [1.165, 1.54) is 6.92 Å². The van der Waals surface area contributed by atoms with Gasteiger partial charge in [0.25, 0.3) is 0 Å². The molecule has 6 nitrogen and oxygen atoms in total. The van der Waals surface area contributed by atoms with E-state index < -0.39 is 22.4 Å². The van der Waals surface area contributed by atoms with Crippen molar-refractivity contribution < 1.29 is 18.1 Å². The second-order valence-electron chi connectivity index (χ2n) is 3.10. The molecule has 13 heavy (non-hydrogen) atoms. The summed E-state index contributed by atoms with van der Waals surface area (Å²) in [7, 11) is -4.19. The average molecular weight is 210 g/mol. The summed E-state index contributed by atoms with van der Waals surface area (Å²) < 4.78 is 31.4. The number of piperazine rings is 1. The van der Waals surface area contributed by atoms with Crippen LogP contribution in [0.15, 0.2) is 0 Å². The minimum atomic E-state index is -4.19. The van der Waals surface area contributed by atoms with Crippen LogP contribution in [0.4, 0.5) is 0 Å². The zero-order chi connectivity index (χ0) is 10.1. The predicted molar refractivity (Wildman–Crippen MR) is 46.6 cm³/mol. The molecule has 2 unspecified atom stereocenters. The smallest absolute Gasteiger partial charge is 0.336 e. The third kappa shape index (κ3) is 2.61. The molecule has 0 radical (unpaired) electrons. The first kappa shape index (κ1) is 10.9. The lowest BCUT2D eigenvalue weighted by atomic mass is 10.1. The maximum Gasteiger partial charge on any atom is 0.336 e. The second kappa shape index (κ2) is 3.89. The van der Waals surface area contributed by atoms with E-state index in [0.717, 1.165) is 4.31 Å². The molecule has 1 saturated heterocycles. The molecule has 78 valence electrons. The number of aliphatic hydroxyl groups is 1. The summed E-state index contributed by atoms with van der Waals surface area (Å²) in [4.78, 5) is 0. The van der Waals surface area contributed by atoms with Crippen LogP contribution in [0.25, 0.3) is 0 Å². The number of rotatable bonds is 2. The Morgan fingerprint density at radius 2 is 2.23 bits per heavy atom. The van der Waals surface area contributed by atoms with Crippen molar-refractivity contribution in [2.75, 3.05) is 19.6 Å². The van der Waals surface area contributed by atoms with Crippen molar-refractivity contribution in [3.05, 3.63) is 0 Å². The van der Waals surface area contributed by atoms with Crippen LogP contribution in [-0.2, 0) is 10.3 Å². The van der Waals surface area contributed by atoms with Crippen LogP contribution in [0.2, 0.25) is 0 Å². The maximum absolute atomic E-state index is 10.8. The number of aliphatic hydroxyl groups excluding tert-OH is 1. The van der Waals surface area contributed by atoms with E-state index in [2.05, 4.69) is 5.32 Å². The molecule has 0 spiro atoms. The van der Waals surface area contributed by atoms with E-state index in [9.17, 15) is 13.5 Å². The molecule has 0 bridgehead atoms. The molecule has 3 N–H and O–H groups in total. The highest BCUT2D eigenvalue weighted by Gasteiger charge is 2.33. The van der Waals surface area contributed by atoms with E-state index >= 15 is 0 Å². The molecule has 1 rings (SSSR count). The molecule has 1 heterocycles. The number of nitrogens with zero attached hydrogens (tertiary/aromatic N) is 1. The van der Waals surface area contributed by atoms with Gasteiger partial charge in [-0.05, 0) is 6.92 Å². The van der Waals surface area contributed by atoms with Crippen LogP contribution in [0.5, 0.6) is 0 Å². The van der Waals surface area contributed by atoms with Gasteiger partial charge in [-0.15, -0.1) is 0 Å². The van der Waals surface area contributed by atoms with E-state index in [0.29, 0.717) is 13.1 Å². The number of hydrogen-bond acceptors (Lipinski definition) is 4. The Morgan fingerprint density at radius 3 is 2.62 bits per heavy atom. The molecule has 1 aliphatic heterocycles. The number of hydrogen-bond donors (Lipinski definition) is 3. The van der Waals surface area contributed by atoms with Gasteiger partial charge in [-0.2, -0.15) is 12.7 Å². The fraction of sp³-hybridized carbons (Fsp3) is 1.00. The molecule has 0 aliphatic carbocycles. The summed E-state index contributed by atoms with van der Waals surface area (Å²) in [5, 5.41) is 12.2. The zero-order valence-corrected chi connectivity index (χ0v) is 8.16. The zero-order valence-electron chi connectivity index (χ0n) is 7.34.